The van der Waals surface area contributed by atoms with Crippen molar-refractivity contribution in [2.45, 2.75) is 19.9 Å². The van der Waals surface area contributed by atoms with Crippen LogP contribution in [0.25, 0.3) is 33.7 Å². The fourth-order valence-electron chi connectivity index (χ4n) is 3.89. The predicted octanol–water partition coefficient (Wildman–Crippen LogP) is 7.86. The number of nitrogens with zero attached hydrogens (tertiary/aromatic N) is 3. The van der Waals surface area contributed by atoms with Crippen molar-refractivity contribution in [1.82, 2.24) is 19.7 Å². The second-order valence-corrected chi connectivity index (χ2v) is 9.38. The van der Waals surface area contributed by atoms with E-state index in [9.17, 15) is 9.18 Å². The molecule has 10 heteroatoms. The summed E-state index contributed by atoms with van der Waals surface area (Å²) < 4.78 is 16.1. The van der Waals surface area contributed by atoms with Crippen molar-refractivity contribution < 1.29 is 9.18 Å². The van der Waals surface area contributed by atoms with Crippen LogP contribution in [0.5, 0.6) is 0 Å². The van der Waals surface area contributed by atoms with E-state index in [1.54, 1.807) is 28.9 Å². The number of hydrogen-bond acceptors (Lipinski definition) is 3. The van der Waals surface area contributed by atoms with Crippen molar-refractivity contribution in [3.05, 3.63) is 87.1 Å². The maximum absolute atomic E-state index is 14.4. The Morgan fingerprint density at radius 1 is 1.06 bits per heavy atom. The molecule has 182 valence electrons. The van der Waals surface area contributed by atoms with Crippen LogP contribution in [0.3, 0.4) is 0 Å². The van der Waals surface area contributed by atoms with Crippen molar-refractivity contribution in [3.8, 4) is 22.6 Å². The summed E-state index contributed by atoms with van der Waals surface area (Å²) in [5.41, 5.74) is 2.90. The molecule has 36 heavy (non-hydrogen) atoms. The van der Waals surface area contributed by atoms with E-state index in [2.05, 4.69) is 20.4 Å². The molecule has 0 radical (unpaired) electrons. The van der Waals surface area contributed by atoms with Gasteiger partial charge in [-0.25, -0.2) is 14.1 Å². The van der Waals surface area contributed by atoms with E-state index >= 15 is 0 Å². The minimum Gasteiger partial charge on any atom is -0.337 e. The zero-order valence-corrected chi connectivity index (χ0v) is 21.2. The molecule has 0 bridgehead atoms. The standard InChI is InChI=1S/C26H19Cl3FN5O/c1-2-10-35-22(13-20(34-35)14-6-8-16(27)9-7-14)32-26(36)15-11-18(29)24-21(12-15)31-25(33-24)23-17(28)4-3-5-19(23)30/h3-9,11-13H,2,10H2,1H3,(H,31,33)(H,32,36). The summed E-state index contributed by atoms with van der Waals surface area (Å²) in [6.07, 6.45) is 0.830. The van der Waals surface area contributed by atoms with Crippen LogP contribution >= 0.6 is 34.8 Å². The average Bonchev–Trinajstić information content (AvgIpc) is 3.44. The Morgan fingerprint density at radius 2 is 1.83 bits per heavy atom. The van der Waals surface area contributed by atoms with Crippen LogP contribution in [0.2, 0.25) is 15.1 Å². The molecule has 5 aromatic rings. The van der Waals surface area contributed by atoms with Gasteiger partial charge in [0.15, 0.2) is 0 Å². The number of H-pyrrole nitrogens is 1. The van der Waals surface area contributed by atoms with Crippen LogP contribution in [-0.4, -0.2) is 25.7 Å². The second-order valence-electron chi connectivity index (χ2n) is 8.13. The Labute approximate surface area is 221 Å². The number of amides is 1. The van der Waals surface area contributed by atoms with Gasteiger partial charge in [0.25, 0.3) is 5.91 Å². The molecule has 0 fully saturated rings. The maximum atomic E-state index is 14.4. The third-order valence-electron chi connectivity index (χ3n) is 5.60. The first-order valence-corrected chi connectivity index (χ1v) is 12.3. The summed E-state index contributed by atoms with van der Waals surface area (Å²) in [7, 11) is 0. The number of halogens is 4. The van der Waals surface area contributed by atoms with Crippen LogP contribution in [0, 0.1) is 5.82 Å². The summed E-state index contributed by atoms with van der Waals surface area (Å²) >= 11 is 18.6. The van der Waals surface area contributed by atoms with Crippen molar-refractivity contribution in [3.63, 3.8) is 0 Å². The van der Waals surface area contributed by atoms with E-state index in [1.165, 1.54) is 18.2 Å². The lowest BCUT2D eigenvalue weighted by atomic mass is 10.1. The highest BCUT2D eigenvalue weighted by Gasteiger charge is 2.19. The molecule has 0 unspecified atom stereocenters. The average molecular weight is 543 g/mol. The minimum atomic E-state index is -0.517. The molecule has 2 N–H and O–H groups in total. The minimum absolute atomic E-state index is 0.135. The van der Waals surface area contributed by atoms with Crippen LogP contribution in [0.1, 0.15) is 23.7 Å². The number of imidazole rings is 1. The number of anilines is 1. The molecular weight excluding hydrogens is 524 g/mol. The zero-order chi connectivity index (χ0) is 25.4. The summed E-state index contributed by atoms with van der Waals surface area (Å²) in [6.45, 7) is 2.65. The normalized spacial score (nSPS) is 11.2. The topological polar surface area (TPSA) is 75.6 Å². The number of aromatic amines is 1. The van der Waals surface area contributed by atoms with Crippen LogP contribution in [0.4, 0.5) is 10.2 Å². The molecule has 3 aromatic carbocycles. The van der Waals surface area contributed by atoms with E-state index < -0.39 is 5.82 Å². The number of rotatable bonds is 6. The molecule has 1 amide bonds. The molecule has 0 aliphatic carbocycles. The number of hydrogen-bond donors (Lipinski definition) is 2. The lowest BCUT2D eigenvalue weighted by Gasteiger charge is -2.08. The summed E-state index contributed by atoms with van der Waals surface area (Å²) in [5, 5.41) is 8.67. The Hall–Kier alpha value is -3.39. The highest BCUT2D eigenvalue weighted by Crippen LogP contribution is 2.33. The zero-order valence-electron chi connectivity index (χ0n) is 18.9. The Morgan fingerprint density at radius 3 is 2.56 bits per heavy atom. The van der Waals surface area contributed by atoms with E-state index in [0.29, 0.717) is 39.7 Å². The van der Waals surface area contributed by atoms with E-state index in [1.807, 2.05) is 25.1 Å². The SMILES string of the molecule is CCCn1nc(-c2ccc(Cl)cc2)cc1NC(=O)c1cc(Cl)c2[nH]c(-c3c(F)cccc3Cl)nc2c1. The first-order chi connectivity index (χ1) is 17.3. The monoisotopic (exact) mass is 541 g/mol. The predicted molar refractivity (Wildman–Crippen MR) is 142 cm³/mol. The van der Waals surface area contributed by atoms with Gasteiger partial charge in [-0.05, 0) is 42.8 Å². The van der Waals surface area contributed by atoms with Gasteiger partial charge in [-0.3, -0.25) is 4.79 Å². The quantitative estimate of drug-likeness (QED) is 0.229. The number of benzene rings is 3. The van der Waals surface area contributed by atoms with Crippen LogP contribution in [-0.2, 0) is 6.54 Å². The molecular formula is C26H19Cl3FN5O. The van der Waals surface area contributed by atoms with Gasteiger partial charge < -0.3 is 10.3 Å². The maximum Gasteiger partial charge on any atom is 0.256 e. The fraction of sp³-hybridized carbons (Fsp3) is 0.115. The molecule has 0 aliphatic rings. The molecule has 0 saturated carbocycles. The molecule has 0 aliphatic heterocycles. The van der Waals surface area contributed by atoms with Gasteiger partial charge in [-0.1, -0.05) is 59.9 Å². The molecule has 0 saturated heterocycles. The van der Waals surface area contributed by atoms with Gasteiger partial charge in [0.05, 0.1) is 32.3 Å². The van der Waals surface area contributed by atoms with Gasteiger partial charge in [-0.15, -0.1) is 0 Å². The van der Waals surface area contributed by atoms with Crippen molar-refractivity contribution >= 4 is 57.6 Å². The highest BCUT2D eigenvalue weighted by molar-refractivity contribution is 6.36. The van der Waals surface area contributed by atoms with E-state index in [4.69, 9.17) is 34.8 Å². The van der Waals surface area contributed by atoms with Gasteiger partial charge in [-0.2, -0.15) is 5.10 Å². The lowest BCUT2D eigenvalue weighted by molar-refractivity contribution is 0.102. The molecule has 2 heterocycles. The first-order valence-electron chi connectivity index (χ1n) is 11.1. The van der Waals surface area contributed by atoms with Crippen molar-refractivity contribution in [1.29, 1.82) is 0 Å². The van der Waals surface area contributed by atoms with Gasteiger partial charge in [0, 0.05) is 28.8 Å². The number of carbonyl (C=O) groups excluding carboxylic acids is 1. The lowest BCUT2D eigenvalue weighted by Crippen LogP contribution is -2.15. The summed E-state index contributed by atoms with van der Waals surface area (Å²) in [4.78, 5) is 20.6. The Bertz CT molecular complexity index is 1570. The molecule has 6 nitrogen and oxygen atoms in total. The van der Waals surface area contributed by atoms with Crippen molar-refractivity contribution in [2.75, 3.05) is 5.32 Å². The first kappa shape index (κ1) is 24.3. The Balaban J connectivity index is 1.47. The Kier molecular flexibility index (Phi) is 6.71. The van der Waals surface area contributed by atoms with Gasteiger partial charge in [0.2, 0.25) is 0 Å². The van der Waals surface area contributed by atoms with E-state index in [-0.39, 0.29) is 27.3 Å². The highest BCUT2D eigenvalue weighted by atomic mass is 35.5. The van der Waals surface area contributed by atoms with Gasteiger partial charge in [0.1, 0.15) is 17.5 Å². The van der Waals surface area contributed by atoms with Crippen molar-refractivity contribution in [2.24, 2.45) is 0 Å². The van der Waals surface area contributed by atoms with Crippen LogP contribution < -0.4 is 5.32 Å². The number of aromatic nitrogens is 4. The number of fused-ring (bicyclic) bond motifs is 1. The summed E-state index contributed by atoms with van der Waals surface area (Å²) in [5.74, 6) is -0.131. The molecule has 0 spiro atoms. The number of carbonyl (C=O) groups is 1. The summed E-state index contributed by atoms with van der Waals surface area (Å²) in [6, 6.07) is 16.6. The smallest absolute Gasteiger partial charge is 0.256 e. The van der Waals surface area contributed by atoms with Gasteiger partial charge >= 0.3 is 0 Å². The molecule has 0 atom stereocenters. The van der Waals surface area contributed by atoms with Crippen LogP contribution in [0.15, 0.2) is 60.7 Å². The third kappa shape index (κ3) is 4.69. The molecule has 5 rings (SSSR count). The second kappa shape index (κ2) is 9.93. The van der Waals surface area contributed by atoms with E-state index in [0.717, 1.165) is 12.0 Å². The molecule has 2 aromatic heterocycles. The fourth-order valence-corrected chi connectivity index (χ4v) is 4.53. The number of nitrogens with one attached hydrogen (secondary N) is 2. The third-order valence-corrected chi connectivity index (χ3v) is 6.47. The number of aryl methyl sites for hydroxylation is 1. The largest absolute Gasteiger partial charge is 0.337 e.